The molecule has 0 bridgehead atoms. The number of hydrogen-bond acceptors (Lipinski definition) is 4. The Morgan fingerprint density at radius 2 is 2.27 bits per heavy atom. The normalized spacial score (nSPS) is 32.5. The Labute approximate surface area is 131 Å². The van der Waals surface area contributed by atoms with Crippen molar-refractivity contribution in [3.8, 4) is 0 Å². The summed E-state index contributed by atoms with van der Waals surface area (Å²) in [4.78, 5) is 14.9. The van der Waals surface area contributed by atoms with E-state index < -0.39 is 0 Å². The first-order valence-corrected chi connectivity index (χ1v) is 8.49. The van der Waals surface area contributed by atoms with Gasteiger partial charge in [-0.05, 0) is 50.3 Å². The van der Waals surface area contributed by atoms with E-state index >= 15 is 0 Å². The summed E-state index contributed by atoms with van der Waals surface area (Å²) in [5, 5.41) is 2.92. The fraction of sp³-hybridized carbons (Fsp3) is 0.706. The number of furan rings is 1. The second-order valence-corrected chi connectivity index (χ2v) is 6.82. The Hall–Kier alpha value is -1.33. The van der Waals surface area contributed by atoms with Gasteiger partial charge >= 0.3 is 0 Å². The number of likely N-dealkylation sites (tertiary alicyclic amines) is 1. The third-order valence-corrected chi connectivity index (χ3v) is 5.48. The lowest BCUT2D eigenvalue weighted by atomic mass is 9.86. The van der Waals surface area contributed by atoms with Gasteiger partial charge in [0.05, 0.1) is 18.9 Å². The maximum atomic E-state index is 12.3. The van der Waals surface area contributed by atoms with Crippen LogP contribution in [-0.4, -0.2) is 42.1 Å². The van der Waals surface area contributed by atoms with E-state index in [4.69, 9.17) is 9.15 Å². The van der Waals surface area contributed by atoms with E-state index in [1.165, 1.54) is 32.2 Å². The molecule has 4 rings (SSSR count). The van der Waals surface area contributed by atoms with Crippen LogP contribution in [0.25, 0.3) is 0 Å². The fourth-order valence-electron chi connectivity index (χ4n) is 3.91. The van der Waals surface area contributed by atoms with Crippen LogP contribution in [0.3, 0.4) is 0 Å². The van der Waals surface area contributed by atoms with Crippen molar-refractivity contribution in [1.82, 2.24) is 10.2 Å². The van der Waals surface area contributed by atoms with Crippen LogP contribution in [0.2, 0.25) is 0 Å². The predicted molar refractivity (Wildman–Crippen MR) is 81.2 cm³/mol. The third kappa shape index (κ3) is 2.79. The minimum absolute atomic E-state index is 0.000921. The van der Waals surface area contributed by atoms with Gasteiger partial charge in [-0.25, -0.2) is 0 Å². The molecule has 3 atom stereocenters. The zero-order valence-corrected chi connectivity index (χ0v) is 12.9. The minimum Gasteiger partial charge on any atom is -0.467 e. The van der Waals surface area contributed by atoms with Gasteiger partial charge in [0.15, 0.2) is 0 Å². The van der Waals surface area contributed by atoms with Crippen LogP contribution in [-0.2, 0) is 16.1 Å². The quantitative estimate of drug-likeness (QED) is 0.923. The number of carbonyl (C=O) groups excluding carboxylic acids is 1. The molecule has 0 aromatic carbocycles. The number of carbonyl (C=O) groups is 1. The van der Waals surface area contributed by atoms with Gasteiger partial charge in [-0.2, -0.15) is 0 Å². The zero-order chi connectivity index (χ0) is 14.9. The minimum atomic E-state index is -0.286. The largest absolute Gasteiger partial charge is 0.467 e. The molecule has 1 amide bonds. The lowest BCUT2D eigenvalue weighted by Gasteiger charge is -2.43. The lowest BCUT2D eigenvalue weighted by Crippen LogP contribution is -2.49. The van der Waals surface area contributed by atoms with Gasteiger partial charge in [-0.1, -0.05) is 6.42 Å². The lowest BCUT2D eigenvalue weighted by molar-refractivity contribution is -0.133. The maximum Gasteiger partial charge on any atom is 0.249 e. The molecule has 5 heteroatoms. The highest BCUT2D eigenvalue weighted by molar-refractivity contribution is 5.81. The molecular weight excluding hydrogens is 280 g/mol. The molecule has 22 heavy (non-hydrogen) atoms. The van der Waals surface area contributed by atoms with E-state index in [0.717, 1.165) is 24.8 Å². The second-order valence-electron chi connectivity index (χ2n) is 6.82. The molecule has 0 unspecified atom stereocenters. The van der Waals surface area contributed by atoms with Crippen molar-refractivity contribution in [3.05, 3.63) is 24.2 Å². The molecule has 1 aromatic heterocycles. The van der Waals surface area contributed by atoms with Gasteiger partial charge in [-0.15, -0.1) is 0 Å². The number of rotatable bonds is 4. The molecule has 3 fully saturated rings. The number of nitrogens with one attached hydrogen (secondary N) is 1. The van der Waals surface area contributed by atoms with Gasteiger partial charge in [0.25, 0.3) is 0 Å². The van der Waals surface area contributed by atoms with Crippen LogP contribution in [0.4, 0.5) is 0 Å². The number of piperidine rings is 1. The average molecular weight is 304 g/mol. The molecule has 0 spiro atoms. The molecule has 3 aliphatic rings. The van der Waals surface area contributed by atoms with Crippen LogP contribution >= 0.6 is 0 Å². The maximum absolute atomic E-state index is 12.3. The summed E-state index contributed by atoms with van der Waals surface area (Å²) in [6.45, 7) is 2.63. The molecule has 2 aliphatic heterocycles. The van der Waals surface area contributed by atoms with E-state index in [0.29, 0.717) is 12.5 Å². The van der Waals surface area contributed by atoms with Crippen LogP contribution in [0.1, 0.15) is 37.9 Å². The van der Waals surface area contributed by atoms with E-state index in [-0.39, 0.29) is 18.1 Å². The highest BCUT2D eigenvalue weighted by atomic mass is 16.5. The first kappa shape index (κ1) is 14.3. The zero-order valence-electron chi connectivity index (χ0n) is 12.9. The van der Waals surface area contributed by atoms with Gasteiger partial charge in [0.2, 0.25) is 5.91 Å². The molecule has 1 aliphatic carbocycles. The van der Waals surface area contributed by atoms with Crippen LogP contribution < -0.4 is 5.32 Å². The summed E-state index contributed by atoms with van der Waals surface area (Å²) < 4.78 is 11.3. The number of nitrogens with zero attached hydrogens (tertiary/aromatic N) is 1. The number of amides is 1. The predicted octanol–water partition coefficient (Wildman–Crippen LogP) is 1.93. The first-order chi connectivity index (χ1) is 10.8. The Kier molecular flexibility index (Phi) is 3.92. The van der Waals surface area contributed by atoms with Crippen molar-refractivity contribution in [2.75, 3.05) is 13.1 Å². The van der Waals surface area contributed by atoms with Gasteiger partial charge in [-0.3, -0.25) is 9.69 Å². The fourth-order valence-corrected chi connectivity index (χ4v) is 3.91. The van der Waals surface area contributed by atoms with Crippen molar-refractivity contribution in [2.24, 2.45) is 5.92 Å². The van der Waals surface area contributed by atoms with E-state index in [1.807, 2.05) is 12.1 Å². The standard InChI is InChI=1S/C17H24N2O3/c20-17(18-10-14-5-2-8-21-14)15-9-12-6-7-19(11-16(12)22-15)13-3-1-4-13/h2,5,8,12-13,15-16H,1,3-4,6-7,9-11H2,(H,18,20)/t12-,15+,16-/m1/s1. The van der Waals surface area contributed by atoms with Crippen LogP contribution in [0.5, 0.6) is 0 Å². The SMILES string of the molecule is O=C(NCc1ccco1)[C@@H]1C[C@H]2CCN(C3CCC3)C[C@H]2O1. The van der Waals surface area contributed by atoms with Crippen molar-refractivity contribution < 1.29 is 13.9 Å². The molecule has 1 saturated carbocycles. The molecule has 1 aromatic rings. The average Bonchev–Trinajstić information content (AvgIpc) is 3.11. The number of hydrogen-bond donors (Lipinski definition) is 1. The molecule has 2 saturated heterocycles. The second kappa shape index (κ2) is 6.05. The topological polar surface area (TPSA) is 54.7 Å². The smallest absolute Gasteiger partial charge is 0.249 e. The molecular formula is C17H24N2O3. The summed E-state index contributed by atoms with van der Waals surface area (Å²) in [7, 11) is 0. The summed E-state index contributed by atoms with van der Waals surface area (Å²) in [5.41, 5.74) is 0. The third-order valence-electron chi connectivity index (χ3n) is 5.48. The summed E-state index contributed by atoms with van der Waals surface area (Å²) in [6, 6.07) is 4.47. The number of fused-ring (bicyclic) bond motifs is 1. The highest BCUT2D eigenvalue weighted by Crippen LogP contribution is 2.36. The Balaban J connectivity index is 1.29. The van der Waals surface area contributed by atoms with E-state index in [9.17, 15) is 4.79 Å². The monoisotopic (exact) mass is 304 g/mol. The Morgan fingerprint density at radius 1 is 1.36 bits per heavy atom. The summed E-state index contributed by atoms with van der Waals surface area (Å²) in [5.74, 6) is 1.33. The van der Waals surface area contributed by atoms with Gasteiger partial charge in [0.1, 0.15) is 11.9 Å². The Bertz CT molecular complexity index is 512. The van der Waals surface area contributed by atoms with Gasteiger partial charge in [0, 0.05) is 12.6 Å². The van der Waals surface area contributed by atoms with Crippen molar-refractivity contribution >= 4 is 5.91 Å². The van der Waals surface area contributed by atoms with Crippen molar-refractivity contribution in [1.29, 1.82) is 0 Å². The molecule has 3 heterocycles. The summed E-state index contributed by atoms with van der Waals surface area (Å²) >= 11 is 0. The molecule has 0 radical (unpaired) electrons. The van der Waals surface area contributed by atoms with Crippen LogP contribution in [0.15, 0.2) is 22.8 Å². The van der Waals surface area contributed by atoms with Crippen molar-refractivity contribution in [3.63, 3.8) is 0 Å². The first-order valence-electron chi connectivity index (χ1n) is 8.49. The van der Waals surface area contributed by atoms with E-state index in [1.54, 1.807) is 6.26 Å². The Morgan fingerprint density at radius 3 is 3.00 bits per heavy atom. The molecule has 120 valence electrons. The van der Waals surface area contributed by atoms with Crippen LogP contribution in [0, 0.1) is 5.92 Å². The highest BCUT2D eigenvalue weighted by Gasteiger charge is 2.43. The molecule has 1 N–H and O–H groups in total. The number of ether oxygens (including phenoxy) is 1. The summed E-state index contributed by atoms with van der Waals surface area (Å²) in [6.07, 6.45) is 7.66. The van der Waals surface area contributed by atoms with Gasteiger partial charge < -0.3 is 14.5 Å². The van der Waals surface area contributed by atoms with E-state index in [2.05, 4.69) is 10.2 Å². The van der Waals surface area contributed by atoms with Crippen molar-refractivity contribution in [2.45, 2.75) is 56.9 Å². The molecule has 5 nitrogen and oxygen atoms in total.